The minimum absolute atomic E-state index is 0.323. The van der Waals surface area contributed by atoms with Crippen molar-refractivity contribution in [1.82, 2.24) is 5.32 Å². The Morgan fingerprint density at radius 1 is 1.20 bits per heavy atom. The molecule has 1 saturated carbocycles. The first-order valence-corrected chi connectivity index (χ1v) is 6.92. The summed E-state index contributed by atoms with van der Waals surface area (Å²) < 4.78 is 0. The van der Waals surface area contributed by atoms with Crippen LogP contribution in [0.25, 0.3) is 0 Å². The number of aliphatic carboxylic acids is 1. The first-order chi connectivity index (χ1) is 7.27. The van der Waals surface area contributed by atoms with Gasteiger partial charge in [0, 0.05) is 17.0 Å². The number of fused-ring (bicyclic) bond motifs is 1. The van der Waals surface area contributed by atoms with Crippen LogP contribution in [0.5, 0.6) is 0 Å². The number of rotatable bonds is 1. The third-order valence-electron chi connectivity index (χ3n) is 3.39. The zero-order valence-corrected chi connectivity index (χ0v) is 9.76. The Bertz CT molecular complexity index is 235. The van der Waals surface area contributed by atoms with Crippen LogP contribution in [0.1, 0.15) is 38.5 Å². The minimum atomic E-state index is -0.692. The molecule has 86 valence electrons. The summed E-state index contributed by atoms with van der Waals surface area (Å²) in [4.78, 5) is 10.9. The maximum Gasteiger partial charge on any atom is 0.321 e. The second-order valence-corrected chi connectivity index (χ2v) is 5.80. The lowest BCUT2D eigenvalue weighted by Crippen LogP contribution is -2.53. The maximum atomic E-state index is 10.9. The second kappa shape index (κ2) is 5.21. The van der Waals surface area contributed by atoms with Crippen molar-refractivity contribution in [1.29, 1.82) is 0 Å². The molecule has 0 radical (unpaired) electrons. The number of hydrogen-bond acceptors (Lipinski definition) is 3. The van der Waals surface area contributed by atoms with Gasteiger partial charge in [-0.05, 0) is 12.8 Å². The molecule has 3 atom stereocenters. The Morgan fingerprint density at radius 3 is 2.67 bits per heavy atom. The van der Waals surface area contributed by atoms with Gasteiger partial charge in [-0.3, -0.25) is 10.1 Å². The van der Waals surface area contributed by atoms with Crippen molar-refractivity contribution in [2.75, 3.05) is 5.75 Å². The normalized spacial score (nSPS) is 37.5. The van der Waals surface area contributed by atoms with E-state index in [9.17, 15) is 4.79 Å². The number of carboxylic acids is 1. The van der Waals surface area contributed by atoms with Gasteiger partial charge in [-0.15, -0.1) is 0 Å². The van der Waals surface area contributed by atoms with E-state index in [4.69, 9.17) is 5.11 Å². The summed E-state index contributed by atoms with van der Waals surface area (Å²) >= 11 is 1.86. The van der Waals surface area contributed by atoms with Gasteiger partial charge >= 0.3 is 5.97 Å². The Balaban J connectivity index is 1.94. The monoisotopic (exact) mass is 229 g/mol. The van der Waals surface area contributed by atoms with Crippen molar-refractivity contribution in [3.05, 3.63) is 0 Å². The lowest BCUT2D eigenvalue weighted by Gasteiger charge is -2.36. The van der Waals surface area contributed by atoms with Crippen LogP contribution in [0.15, 0.2) is 0 Å². The van der Waals surface area contributed by atoms with Gasteiger partial charge in [0.15, 0.2) is 0 Å². The number of nitrogens with one attached hydrogen (secondary N) is 1. The van der Waals surface area contributed by atoms with Crippen molar-refractivity contribution in [3.63, 3.8) is 0 Å². The largest absolute Gasteiger partial charge is 0.480 e. The molecule has 1 aliphatic carbocycles. The molecule has 0 aromatic heterocycles. The fourth-order valence-corrected chi connectivity index (χ4v) is 3.97. The molecular weight excluding hydrogens is 210 g/mol. The SMILES string of the molecule is O=C(O)C1CSC2CCCCCCC2N1. The minimum Gasteiger partial charge on any atom is -0.480 e. The predicted octanol–water partition coefficient (Wildman–Crippen LogP) is 1.87. The molecule has 2 aliphatic rings. The van der Waals surface area contributed by atoms with Crippen LogP contribution in [0.3, 0.4) is 0 Å². The molecule has 2 fully saturated rings. The number of hydrogen-bond donors (Lipinski definition) is 2. The van der Waals surface area contributed by atoms with Gasteiger partial charge in [0.2, 0.25) is 0 Å². The summed E-state index contributed by atoms with van der Waals surface area (Å²) in [5.74, 6) is 0.0410. The Labute approximate surface area is 95.0 Å². The van der Waals surface area contributed by atoms with E-state index < -0.39 is 5.97 Å². The molecule has 0 bridgehead atoms. The summed E-state index contributed by atoms with van der Waals surface area (Å²) in [5, 5.41) is 12.9. The first kappa shape index (κ1) is 11.3. The first-order valence-electron chi connectivity index (χ1n) is 5.88. The van der Waals surface area contributed by atoms with Crippen LogP contribution >= 0.6 is 11.8 Å². The second-order valence-electron chi connectivity index (χ2n) is 4.53. The molecular formula is C11H19NO2S. The molecule has 2 rings (SSSR count). The number of carboxylic acid groups (broad SMARTS) is 1. The van der Waals surface area contributed by atoms with E-state index in [1.165, 1.54) is 32.1 Å². The average molecular weight is 229 g/mol. The summed E-state index contributed by atoms with van der Waals surface area (Å²) in [6.45, 7) is 0. The third-order valence-corrected chi connectivity index (χ3v) is 4.91. The lowest BCUT2D eigenvalue weighted by atomic mass is 9.95. The topological polar surface area (TPSA) is 49.3 Å². The Hall–Kier alpha value is -0.220. The van der Waals surface area contributed by atoms with Crippen LogP contribution in [0.4, 0.5) is 0 Å². The summed E-state index contributed by atoms with van der Waals surface area (Å²) in [6, 6.07) is 0.112. The predicted molar refractivity (Wildman–Crippen MR) is 62.3 cm³/mol. The number of carbonyl (C=O) groups is 1. The van der Waals surface area contributed by atoms with Gasteiger partial charge in [-0.2, -0.15) is 11.8 Å². The molecule has 3 nitrogen and oxygen atoms in total. The zero-order chi connectivity index (χ0) is 10.7. The highest BCUT2D eigenvalue weighted by atomic mass is 32.2. The van der Waals surface area contributed by atoms with E-state index in [0.717, 1.165) is 12.2 Å². The van der Waals surface area contributed by atoms with Gasteiger partial charge < -0.3 is 5.11 Å². The van der Waals surface area contributed by atoms with E-state index >= 15 is 0 Å². The molecule has 2 N–H and O–H groups in total. The van der Waals surface area contributed by atoms with E-state index in [1.807, 2.05) is 11.8 Å². The molecule has 0 spiro atoms. The number of thioether (sulfide) groups is 1. The molecule has 0 aromatic rings. The molecule has 3 unspecified atom stereocenters. The highest BCUT2D eigenvalue weighted by Gasteiger charge is 2.33. The standard InChI is InChI=1S/C11H19NO2S/c13-11(14)9-7-15-10-6-4-2-1-3-5-8(10)12-9/h8-10,12H,1-7H2,(H,13,14). The highest BCUT2D eigenvalue weighted by molar-refractivity contribution is 8.00. The molecule has 4 heteroatoms. The summed E-state index contributed by atoms with van der Waals surface area (Å²) in [6.07, 6.45) is 7.64. The molecule has 1 aliphatic heterocycles. The van der Waals surface area contributed by atoms with Crippen molar-refractivity contribution >= 4 is 17.7 Å². The molecule has 0 amide bonds. The van der Waals surface area contributed by atoms with E-state index in [0.29, 0.717) is 11.3 Å². The van der Waals surface area contributed by atoms with E-state index in [1.54, 1.807) is 0 Å². The van der Waals surface area contributed by atoms with Gasteiger partial charge in [-0.1, -0.05) is 25.7 Å². The van der Waals surface area contributed by atoms with Crippen molar-refractivity contribution in [2.24, 2.45) is 0 Å². The van der Waals surface area contributed by atoms with Crippen LogP contribution in [0, 0.1) is 0 Å². The van der Waals surface area contributed by atoms with E-state index in [-0.39, 0.29) is 6.04 Å². The lowest BCUT2D eigenvalue weighted by molar-refractivity contribution is -0.139. The molecule has 15 heavy (non-hydrogen) atoms. The van der Waals surface area contributed by atoms with Crippen molar-refractivity contribution < 1.29 is 9.90 Å². The Morgan fingerprint density at radius 2 is 1.93 bits per heavy atom. The van der Waals surface area contributed by atoms with Crippen LogP contribution in [-0.2, 0) is 4.79 Å². The Kier molecular flexibility index (Phi) is 3.92. The fraction of sp³-hybridized carbons (Fsp3) is 0.909. The maximum absolute atomic E-state index is 10.9. The average Bonchev–Trinajstić information content (AvgIpc) is 2.18. The highest BCUT2D eigenvalue weighted by Crippen LogP contribution is 2.31. The van der Waals surface area contributed by atoms with Crippen molar-refractivity contribution in [3.8, 4) is 0 Å². The smallest absolute Gasteiger partial charge is 0.321 e. The van der Waals surface area contributed by atoms with Gasteiger partial charge in [0.1, 0.15) is 6.04 Å². The molecule has 1 saturated heterocycles. The molecule has 1 heterocycles. The third kappa shape index (κ3) is 2.88. The van der Waals surface area contributed by atoms with Crippen molar-refractivity contribution in [2.45, 2.75) is 55.9 Å². The van der Waals surface area contributed by atoms with Crippen LogP contribution < -0.4 is 5.32 Å². The van der Waals surface area contributed by atoms with Crippen LogP contribution in [-0.4, -0.2) is 34.2 Å². The quantitative estimate of drug-likeness (QED) is 0.720. The summed E-state index contributed by atoms with van der Waals surface area (Å²) in [7, 11) is 0. The van der Waals surface area contributed by atoms with Gasteiger partial charge in [0.25, 0.3) is 0 Å². The zero-order valence-electron chi connectivity index (χ0n) is 8.95. The van der Waals surface area contributed by atoms with Gasteiger partial charge in [0.05, 0.1) is 0 Å². The van der Waals surface area contributed by atoms with Crippen LogP contribution in [0.2, 0.25) is 0 Å². The molecule has 0 aromatic carbocycles. The van der Waals surface area contributed by atoms with E-state index in [2.05, 4.69) is 5.32 Å². The summed E-state index contributed by atoms with van der Waals surface area (Å²) in [5.41, 5.74) is 0. The van der Waals surface area contributed by atoms with Gasteiger partial charge in [-0.25, -0.2) is 0 Å². The fourth-order valence-electron chi connectivity index (χ4n) is 2.51.